The summed E-state index contributed by atoms with van der Waals surface area (Å²) in [6, 6.07) is 16.5. The molecule has 0 aliphatic rings. The van der Waals surface area contributed by atoms with Gasteiger partial charge in [-0.2, -0.15) is 5.10 Å². The van der Waals surface area contributed by atoms with E-state index < -0.39 is 0 Å². The molecule has 19 heavy (non-hydrogen) atoms. The number of aromatic nitrogens is 3. The fraction of sp³-hybridized carbons (Fsp3) is 0.125. The molecule has 94 valence electrons. The van der Waals surface area contributed by atoms with Gasteiger partial charge in [-0.1, -0.05) is 30.3 Å². The Kier molecular flexibility index (Phi) is 3.36. The molecule has 0 aliphatic heterocycles. The van der Waals surface area contributed by atoms with Gasteiger partial charge in [-0.25, -0.2) is 0 Å². The van der Waals surface area contributed by atoms with E-state index in [1.807, 2.05) is 35.3 Å². The highest BCUT2D eigenvalue weighted by molar-refractivity contribution is 5.27. The summed E-state index contributed by atoms with van der Waals surface area (Å²) in [6.45, 7) is 0.809. The molecule has 0 bridgehead atoms. The van der Waals surface area contributed by atoms with E-state index in [4.69, 9.17) is 0 Å². The van der Waals surface area contributed by atoms with Crippen LogP contribution in [0.4, 0.5) is 0 Å². The molecule has 0 unspecified atom stereocenters. The third kappa shape index (κ3) is 3.07. The van der Waals surface area contributed by atoms with E-state index in [0.717, 1.165) is 18.7 Å². The van der Waals surface area contributed by atoms with Gasteiger partial charge in [0.2, 0.25) is 0 Å². The van der Waals surface area contributed by atoms with Crippen molar-refractivity contribution in [2.24, 2.45) is 0 Å². The molecule has 2 heterocycles. The lowest BCUT2D eigenvalue weighted by Gasteiger charge is -2.05. The molecular weight excluding hydrogens is 234 g/mol. The molecule has 0 saturated heterocycles. The first-order valence-electron chi connectivity index (χ1n) is 6.35. The average molecular weight is 249 g/mol. The predicted octanol–water partition coefficient (Wildman–Crippen LogP) is 2.92. The maximum atomic E-state index is 4.36. The maximum Gasteiger partial charge on any atom is 0.0659 e. The van der Waals surface area contributed by atoms with Crippen molar-refractivity contribution >= 4 is 0 Å². The molecule has 0 fully saturated rings. The summed E-state index contributed by atoms with van der Waals surface area (Å²) >= 11 is 0. The van der Waals surface area contributed by atoms with Crippen LogP contribution in [-0.2, 0) is 13.0 Å². The van der Waals surface area contributed by atoms with Gasteiger partial charge in [0.15, 0.2) is 0 Å². The van der Waals surface area contributed by atoms with Gasteiger partial charge >= 0.3 is 0 Å². The number of hydrogen-bond donors (Lipinski definition) is 0. The zero-order valence-electron chi connectivity index (χ0n) is 10.6. The van der Waals surface area contributed by atoms with Gasteiger partial charge in [-0.3, -0.25) is 9.67 Å². The van der Waals surface area contributed by atoms with Crippen LogP contribution in [0.15, 0.2) is 67.1 Å². The summed E-state index contributed by atoms with van der Waals surface area (Å²) in [5.74, 6) is 0. The Morgan fingerprint density at radius 1 is 0.895 bits per heavy atom. The Morgan fingerprint density at radius 3 is 2.63 bits per heavy atom. The van der Waals surface area contributed by atoms with Gasteiger partial charge in [0.05, 0.1) is 6.54 Å². The van der Waals surface area contributed by atoms with Crippen LogP contribution in [0.25, 0.3) is 0 Å². The molecule has 2 aromatic heterocycles. The third-order valence-electron chi connectivity index (χ3n) is 3.01. The second kappa shape index (κ2) is 5.48. The smallest absolute Gasteiger partial charge is 0.0659 e. The van der Waals surface area contributed by atoms with Crippen molar-refractivity contribution in [2.75, 3.05) is 0 Å². The van der Waals surface area contributed by atoms with Gasteiger partial charge in [0.1, 0.15) is 0 Å². The molecule has 1 aromatic carbocycles. The first-order valence-corrected chi connectivity index (χ1v) is 6.35. The van der Waals surface area contributed by atoms with Crippen molar-refractivity contribution in [2.45, 2.75) is 13.0 Å². The Morgan fingerprint density at radius 2 is 1.84 bits per heavy atom. The molecule has 0 spiro atoms. The van der Waals surface area contributed by atoms with Crippen LogP contribution in [0.3, 0.4) is 0 Å². The highest BCUT2D eigenvalue weighted by Crippen LogP contribution is 2.10. The average Bonchev–Trinajstić information content (AvgIpc) is 2.93. The fourth-order valence-corrected chi connectivity index (χ4v) is 2.13. The maximum absolute atomic E-state index is 4.36. The van der Waals surface area contributed by atoms with E-state index >= 15 is 0 Å². The molecule has 3 rings (SSSR count). The Balaban J connectivity index is 1.76. The lowest BCUT2D eigenvalue weighted by atomic mass is 10.1. The lowest BCUT2D eigenvalue weighted by molar-refractivity contribution is 0.686. The fourth-order valence-electron chi connectivity index (χ4n) is 2.13. The van der Waals surface area contributed by atoms with Crippen LogP contribution >= 0.6 is 0 Å². The van der Waals surface area contributed by atoms with E-state index in [1.54, 1.807) is 6.20 Å². The zero-order valence-corrected chi connectivity index (χ0v) is 10.6. The van der Waals surface area contributed by atoms with Crippen molar-refractivity contribution in [3.05, 3.63) is 83.9 Å². The van der Waals surface area contributed by atoms with Crippen molar-refractivity contribution < 1.29 is 0 Å². The summed E-state index contributed by atoms with van der Waals surface area (Å²) in [4.78, 5) is 4.36. The molecule has 0 radical (unpaired) electrons. The minimum Gasteiger partial charge on any atom is -0.268 e. The molecule has 0 aliphatic carbocycles. The molecule has 3 heteroatoms. The molecular formula is C16H15N3. The minimum absolute atomic E-state index is 0.809. The first-order chi connectivity index (χ1) is 9.40. The second-order valence-electron chi connectivity index (χ2n) is 4.52. The highest BCUT2D eigenvalue weighted by Gasteiger charge is 2.00. The summed E-state index contributed by atoms with van der Waals surface area (Å²) < 4.78 is 1.93. The number of pyridine rings is 1. The van der Waals surface area contributed by atoms with Gasteiger partial charge < -0.3 is 0 Å². The normalized spacial score (nSPS) is 10.5. The molecule has 0 N–H and O–H groups in total. The number of benzene rings is 1. The van der Waals surface area contributed by atoms with E-state index in [2.05, 4.69) is 40.4 Å². The quantitative estimate of drug-likeness (QED) is 0.711. The Bertz CT molecular complexity index is 630. The van der Waals surface area contributed by atoms with Gasteiger partial charge in [-0.05, 0) is 29.3 Å². The van der Waals surface area contributed by atoms with Gasteiger partial charge in [0.25, 0.3) is 0 Å². The Hall–Kier alpha value is -2.42. The topological polar surface area (TPSA) is 30.7 Å². The monoisotopic (exact) mass is 249 g/mol. The molecule has 3 nitrogen and oxygen atoms in total. The molecule has 0 saturated carbocycles. The van der Waals surface area contributed by atoms with Crippen LogP contribution in [-0.4, -0.2) is 14.8 Å². The van der Waals surface area contributed by atoms with Crippen LogP contribution < -0.4 is 0 Å². The van der Waals surface area contributed by atoms with Gasteiger partial charge in [-0.15, -0.1) is 0 Å². The summed E-state index contributed by atoms with van der Waals surface area (Å²) in [7, 11) is 0. The standard InChI is InChI=1S/C16H15N3/c1-2-8-17-16(7-1)12-14-5-3-6-15(11-14)13-19-10-4-9-18-19/h1-11H,12-13H2. The van der Waals surface area contributed by atoms with Crippen molar-refractivity contribution in [3.8, 4) is 0 Å². The zero-order chi connectivity index (χ0) is 12.9. The number of rotatable bonds is 4. The first kappa shape index (κ1) is 11.7. The van der Waals surface area contributed by atoms with E-state index in [-0.39, 0.29) is 0 Å². The van der Waals surface area contributed by atoms with Crippen molar-refractivity contribution in [1.29, 1.82) is 0 Å². The third-order valence-corrected chi connectivity index (χ3v) is 3.01. The van der Waals surface area contributed by atoms with Crippen LogP contribution in [0, 0.1) is 0 Å². The van der Waals surface area contributed by atoms with Crippen LogP contribution in [0.5, 0.6) is 0 Å². The highest BCUT2D eigenvalue weighted by atomic mass is 15.3. The molecule has 0 atom stereocenters. The second-order valence-corrected chi connectivity index (χ2v) is 4.52. The Labute approximate surface area is 112 Å². The van der Waals surface area contributed by atoms with Gasteiger partial charge in [0, 0.05) is 30.7 Å². The summed E-state index contributed by atoms with van der Waals surface area (Å²) in [5, 5.41) is 4.23. The SMILES string of the molecule is c1ccc(Cc2cccc(Cn3cccn3)c2)nc1. The molecule has 3 aromatic rings. The minimum atomic E-state index is 0.809. The summed E-state index contributed by atoms with van der Waals surface area (Å²) in [5.41, 5.74) is 3.64. The largest absolute Gasteiger partial charge is 0.268 e. The van der Waals surface area contributed by atoms with E-state index in [0.29, 0.717) is 0 Å². The van der Waals surface area contributed by atoms with Crippen molar-refractivity contribution in [3.63, 3.8) is 0 Å². The van der Waals surface area contributed by atoms with Crippen LogP contribution in [0.1, 0.15) is 16.8 Å². The summed E-state index contributed by atoms with van der Waals surface area (Å²) in [6.07, 6.45) is 6.49. The number of nitrogens with zero attached hydrogens (tertiary/aromatic N) is 3. The van der Waals surface area contributed by atoms with E-state index in [1.165, 1.54) is 11.1 Å². The predicted molar refractivity (Wildman–Crippen MR) is 74.8 cm³/mol. The van der Waals surface area contributed by atoms with Crippen molar-refractivity contribution in [1.82, 2.24) is 14.8 Å². The van der Waals surface area contributed by atoms with Crippen LogP contribution in [0.2, 0.25) is 0 Å². The lowest BCUT2D eigenvalue weighted by Crippen LogP contribution is -2.00. The van der Waals surface area contributed by atoms with E-state index in [9.17, 15) is 0 Å². The molecule has 0 amide bonds. The number of hydrogen-bond acceptors (Lipinski definition) is 2.